The van der Waals surface area contributed by atoms with E-state index in [0.717, 1.165) is 12.8 Å². The van der Waals surface area contributed by atoms with Gasteiger partial charge >= 0.3 is 0 Å². The fraction of sp³-hybridized carbons (Fsp3) is 0.500. The van der Waals surface area contributed by atoms with Crippen LogP contribution in [0.3, 0.4) is 0 Å². The summed E-state index contributed by atoms with van der Waals surface area (Å²) in [6.07, 6.45) is 1.59. The van der Waals surface area contributed by atoms with Crippen molar-refractivity contribution in [3.8, 4) is 0 Å². The van der Waals surface area contributed by atoms with E-state index in [-0.39, 0.29) is 16.6 Å². The first-order chi connectivity index (χ1) is 9.06. The van der Waals surface area contributed by atoms with Crippen molar-refractivity contribution in [3.63, 3.8) is 0 Å². The van der Waals surface area contributed by atoms with Gasteiger partial charge in [-0.3, -0.25) is 4.79 Å². The standard InChI is InChI=1S/C14H18Cl2FNO/c1-3-10(4-2)18(9-8-15)14(19)13-11(16)6-5-7-12(13)17/h5-7,10H,3-4,8-9H2,1-2H3. The Bertz CT molecular complexity index is 415. The number of hydrogen-bond acceptors (Lipinski definition) is 1. The number of halogens is 3. The molecule has 1 rings (SSSR count). The number of amides is 1. The van der Waals surface area contributed by atoms with Gasteiger partial charge in [-0.25, -0.2) is 4.39 Å². The Morgan fingerprint density at radius 2 is 2.00 bits per heavy atom. The molecule has 0 aliphatic rings. The molecular weight excluding hydrogens is 288 g/mol. The van der Waals surface area contributed by atoms with E-state index in [9.17, 15) is 9.18 Å². The van der Waals surface area contributed by atoms with E-state index in [1.54, 1.807) is 4.90 Å². The van der Waals surface area contributed by atoms with Crippen molar-refractivity contribution in [1.82, 2.24) is 4.90 Å². The second-order valence-electron chi connectivity index (χ2n) is 4.25. The highest BCUT2D eigenvalue weighted by atomic mass is 35.5. The number of benzene rings is 1. The molecule has 1 amide bonds. The van der Waals surface area contributed by atoms with Crippen molar-refractivity contribution in [2.75, 3.05) is 12.4 Å². The fourth-order valence-electron chi connectivity index (χ4n) is 2.12. The summed E-state index contributed by atoms with van der Waals surface area (Å²) in [4.78, 5) is 14.1. The van der Waals surface area contributed by atoms with Crippen molar-refractivity contribution >= 4 is 29.1 Å². The molecule has 1 aromatic carbocycles. The van der Waals surface area contributed by atoms with Gasteiger partial charge in [0.2, 0.25) is 0 Å². The van der Waals surface area contributed by atoms with Gasteiger partial charge < -0.3 is 4.90 Å². The molecule has 0 heterocycles. The Morgan fingerprint density at radius 3 is 2.47 bits per heavy atom. The van der Waals surface area contributed by atoms with Gasteiger partial charge in [0.1, 0.15) is 5.82 Å². The molecular formula is C14H18Cl2FNO. The molecule has 0 saturated carbocycles. The molecule has 0 spiro atoms. The smallest absolute Gasteiger partial charge is 0.258 e. The first-order valence-corrected chi connectivity index (χ1v) is 7.28. The van der Waals surface area contributed by atoms with Crippen LogP contribution < -0.4 is 0 Å². The van der Waals surface area contributed by atoms with E-state index in [1.807, 2.05) is 13.8 Å². The average molecular weight is 306 g/mol. The summed E-state index contributed by atoms with van der Waals surface area (Å²) in [7, 11) is 0. The lowest BCUT2D eigenvalue weighted by Crippen LogP contribution is -2.41. The molecule has 2 nitrogen and oxygen atoms in total. The van der Waals surface area contributed by atoms with Gasteiger partial charge in [0, 0.05) is 18.5 Å². The lowest BCUT2D eigenvalue weighted by molar-refractivity contribution is 0.0677. The molecule has 0 aromatic heterocycles. The molecule has 0 bridgehead atoms. The van der Waals surface area contributed by atoms with E-state index in [1.165, 1.54) is 18.2 Å². The Kier molecular flexibility index (Phi) is 6.59. The van der Waals surface area contributed by atoms with Gasteiger partial charge in [-0.2, -0.15) is 0 Å². The highest BCUT2D eigenvalue weighted by molar-refractivity contribution is 6.33. The molecule has 0 radical (unpaired) electrons. The van der Waals surface area contributed by atoms with Crippen LogP contribution in [0.1, 0.15) is 37.0 Å². The van der Waals surface area contributed by atoms with E-state index in [2.05, 4.69) is 0 Å². The summed E-state index contributed by atoms with van der Waals surface area (Å²) in [6.45, 7) is 4.37. The van der Waals surface area contributed by atoms with Crippen LogP contribution in [-0.4, -0.2) is 29.3 Å². The summed E-state index contributed by atoms with van der Waals surface area (Å²) >= 11 is 11.7. The predicted octanol–water partition coefficient (Wildman–Crippen LogP) is 4.35. The van der Waals surface area contributed by atoms with E-state index in [4.69, 9.17) is 23.2 Å². The Balaban J connectivity index is 3.12. The second-order valence-corrected chi connectivity index (χ2v) is 5.04. The molecule has 19 heavy (non-hydrogen) atoms. The number of nitrogens with zero attached hydrogens (tertiary/aromatic N) is 1. The second kappa shape index (κ2) is 7.71. The zero-order chi connectivity index (χ0) is 14.4. The molecule has 0 aliphatic heterocycles. The first kappa shape index (κ1) is 16.3. The molecule has 0 N–H and O–H groups in total. The van der Waals surface area contributed by atoms with Crippen molar-refractivity contribution < 1.29 is 9.18 Å². The molecule has 0 atom stereocenters. The number of hydrogen-bond donors (Lipinski definition) is 0. The quantitative estimate of drug-likeness (QED) is 0.716. The summed E-state index contributed by atoms with van der Waals surface area (Å²) < 4.78 is 13.8. The van der Waals surface area contributed by atoms with Gasteiger partial charge in [0.25, 0.3) is 5.91 Å². The molecule has 0 unspecified atom stereocenters. The topological polar surface area (TPSA) is 20.3 Å². The minimum Gasteiger partial charge on any atom is -0.334 e. The molecule has 0 aliphatic carbocycles. The Labute approximate surface area is 123 Å². The van der Waals surface area contributed by atoms with Crippen molar-refractivity contribution in [2.45, 2.75) is 32.7 Å². The summed E-state index contributed by atoms with van der Waals surface area (Å²) in [5.74, 6) is -0.672. The van der Waals surface area contributed by atoms with Crippen LogP contribution in [0.2, 0.25) is 5.02 Å². The predicted molar refractivity (Wildman–Crippen MR) is 77.5 cm³/mol. The SMILES string of the molecule is CCC(CC)N(CCCl)C(=O)c1c(F)cccc1Cl. The van der Waals surface area contributed by atoms with Gasteiger partial charge in [0.05, 0.1) is 10.6 Å². The third kappa shape index (κ3) is 3.83. The molecule has 0 fully saturated rings. The van der Waals surface area contributed by atoms with Gasteiger partial charge in [0.15, 0.2) is 0 Å². The maximum Gasteiger partial charge on any atom is 0.258 e. The fourth-order valence-corrected chi connectivity index (χ4v) is 2.54. The third-order valence-corrected chi connectivity index (χ3v) is 3.63. The van der Waals surface area contributed by atoms with Crippen LogP contribution in [0.5, 0.6) is 0 Å². The van der Waals surface area contributed by atoms with Gasteiger partial charge in [-0.15, -0.1) is 11.6 Å². The number of carbonyl (C=O) groups is 1. The van der Waals surface area contributed by atoms with Crippen molar-refractivity contribution in [1.29, 1.82) is 0 Å². The van der Waals surface area contributed by atoms with E-state index >= 15 is 0 Å². The van der Waals surface area contributed by atoms with Crippen molar-refractivity contribution in [3.05, 3.63) is 34.6 Å². The van der Waals surface area contributed by atoms with Crippen LogP contribution in [0.4, 0.5) is 4.39 Å². The minimum absolute atomic E-state index is 0.0434. The van der Waals surface area contributed by atoms with Crippen LogP contribution in [-0.2, 0) is 0 Å². The lowest BCUT2D eigenvalue weighted by Gasteiger charge is -2.30. The Hall–Kier alpha value is -0.800. The van der Waals surface area contributed by atoms with Crippen LogP contribution in [0, 0.1) is 5.82 Å². The lowest BCUT2D eigenvalue weighted by atomic mass is 10.1. The molecule has 5 heteroatoms. The maximum absolute atomic E-state index is 13.8. The zero-order valence-electron chi connectivity index (χ0n) is 11.1. The van der Waals surface area contributed by atoms with E-state index < -0.39 is 11.7 Å². The van der Waals surface area contributed by atoms with Crippen LogP contribution in [0.25, 0.3) is 0 Å². The normalized spacial score (nSPS) is 10.8. The average Bonchev–Trinajstić information content (AvgIpc) is 2.38. The summed E-state index contributed by atoms with van der Waals surface area (Å²) in [5, 5.41) is 0.135. The van der Waals surface area contributed by atoms with Crippen molar-refractivity contribution in [2.24, 2.45) is 0 Å². The maximum atomic E-state index is 13.8. The molecule has 1 aromatic rings. The molecule has 106 valence electrons. The number of carbonyl (C=O) groups excluding carboxylic acids is 1. The van der Waals surface area contributed by atoms with Gasteiger partial charge in [-0.1, -0.05) is 31.5 Å². The Morgan fingerprint density at radius 1 is 1.37 bits per heavy atom. The monoisotopic (exact) mass is 305 g/mol. The van der Waals surface area contributed by atoms with Crippen LogP contribution in [0.15, 0.2) is 18.2 Å². The van der Waals surface area contributed by atoms with E-state index in [0.29, 0.717) is 12.4 Å². The summed E-state index contributed by atoms with van der Waals surface area (Å²) in [6, 6.07) is 4.29. The largest absolute Gasteiger partial charge is 0.334 e. The highest BCUT2D eigenvalue weighted by Gasteiger charge is 2.25. The van der Waals surface area contributed by atoms with Crippen LogP contribution >= 0.6 is 23.2 Å². The zero-order valence-corrected chi connectivity index (χ0v) is 12.6. The highest BCUT2D eigenvalue weighted by Crippen LogP contribution is 2.23. The number of rotatable bonds is 6. The summed E-state index contributed by atoms with van der Waals surface area (Å²) in [5.41, 5.74) is -0.0683. The van der Waals surface area contributed by atoms with Gasteiger partial charge in [-0.05, 0) is 25.0 Å². The first-order valence-electron chi connectivity index (χ1n) is 6.37. The minimum atomic E-state index is -0.594. The molecule has 0 saturated heterocycles. The number of alkyl halides is 1. The third-order valence-electron chi connectivity index (χ3n) is 3.15.